The Kier molecular flexibility index (Phi) is 4.25. The Hall–Kier alpha value is 0.213. The van der Waals surface area contributed by atoms with Crippen molar-refractivity contribution in [3.8, 4) is 0 Å². The molecule has 0 spiro atoms. The van der Waals surface area contributed by atoms with Crippen molar-refractivity contribution < 1.29 is 4.79 Å². The molecule has 10 heavy (non-hydrogen) atoms. The van der Waals surface area contributed by atoms with Crippen LogP contribution in [-0.2, 0) is 4.79 Å². The molecule has 0 unspecified atom stereocenters. The summed E-state index contributed by atoms with van der Waals surface area (Å²) in [5.74, 6) is 0. The molecule has 0 aliphatic rings. The third kappa shape index (κ3) is 1.85. The van der Waals surface area contributed by atoms with Gasteiger partial charge in [0.25, 0.3) is 0 Å². The molecule has 60 valence electrons. The summed E-state index contributed by atoms with van der Waals surface area (Å²) in [5.41, 5.74) is 0. The first kappa shape index (κ1) is 10.2. The van der Waals surface area contributed by atoms with Gasteiger partial charge in [-0.2, -0.15) is 0 Å². The van der Waals surface area contributed by atoms with Crippen LogP contribution in [0.25, 0.3) is 0 Å². The molecule has 0 bridgehead atoms. The monoisotopic (exact) mass is 204 g/mol. The molecule has 0 N–H and O–H groups in total. The first-order chi connectivity index (χ1) is 4.63. The van der Waals surface area contributed by atoms with Gasteiger partial charge in [0, 0.05) is 0 Å². The fraction of sp³-hybridized carbons (Fsp3) is 0.875. The van der Waals surface area contributed by atoms with Crippen LogP contribution in [0.15, 0.2) is 0 Å². The minimum atomic E-state index is -1.93. The van der Waals surface area contributed by atoms with E-state index in [2.05, 4.69) is 20.8 Å². The van der Waals surface area contributed by atoms with Gasteiger partial charge in [-0.1, -0.05) is 0 Å². The topological polar surface area (TPSA) is 17.1 Å². The van der Waals surface area contributed by atoms with Crippen molar-refractivity contribution in [3.05, 3.63) is 0 Å². The van der Waals surface area contributed by atoms with Crippen LogP contribution >= 0.6 is 0 Å². The molecule has 0 heterocycles. The molecule has 0 radical (unpaired) electrons. The molecule has 0 aliphatic heterocycles. The van der Waals surface area contributed by atoms with E-state index in [-0.39, 0.29) is 0 Å². The zero-order valence-electron chi connectivity index (χ0n) is 7.53. The van der Waals surface area contributed by atoms with E-state index in [9.17, 15) is 4.79 Å². The third-order valence-corrected chi connectivity index (χ3v) is 14.4. The SMILES string of the molecule is C[CH2][Ge]([CH2]C)([CH2]C)[C](C)=O. The summed E-state index contributed by atoms with van der Waals surface area (Å²) in [6.45, 7) is 8.31. The second kappa shape index (κ2) is 4.17. The first-order valence-corrected chi connectivity index (χ1v) is 9.64. The van der Waals surface area contributed by atoms with Gasteiger partial charge in [0.2, 0.25) is 0 Å². The number of carbonyl (C=O) groups is 1. The number of rotatable bonds is 4. The molecule has 1 nitrogen and oxygen atoms in total. The van der Waals surface area contributed by atoms with Crippen molar-refractivity contribution in [3.63, 3.8) is 0 Å². The summed E-state index contributed by atoms with van der Waals surface area (Å²) in [4.78, 5) is 11.2. The summed E-state index contributed by atoms with van der Waals surface area (Å²) < 4.78 is 0.535. The Bertz CT molecular complexity index is 108. The second-order valence-corrected chi connectivity index (χ2v) is 14.2. The van der Waals surface area contributed by atoms with Gasteiger partial charge in [-0.3, -0.25) is 0 Å². The van der Waals surface area contributed by atoms with Crippen LogP contribution in [0.5, 0.6) is 0 Å². The van der Waals surface area contributed by atoms with Crippen LogP contribution in [0.2, 0.25) is 15.8 Å². The van der Waals surface area contributed by atoms with E-state index in [1.54, 1.807) is 6.92 Å². The summed E-state index contributed by atoms with van der Waals surface area (Å²) >= 11 is -1.93. The van der Waals surface area contributed by atoms with Crippen LogP contribution in [0, 0.1) is 0 Å². The third-order valence-electron chi connectivity index (χ3n) is 2.78. The number of hydrogen-bond acceptors (Lipinski definition) is 1. The van der Waals surface area contributed by atoms with Gasteiger partial charge < -0.3 is 0 Å². The quantitative estimate of drug-likeness (QED) is 0.641. The maximum absolute atomic E-state index is 11.2. The van der Waals surface area contributed by atoms with Crippen LogP contribution < -0.4 is 0 Å². The fourth-order valence-corrected chi connectivity index (χ4v) is 7.78. The van der Waals surface area contributed by atoms with Gasteiger partial charge in [-0.15, -0.1) is 0 Å². The van der Waals surface area contributed by atoms with Crippen LogP contribution in [-0.4, -0.2) is 17.9 Å². The molecule has 0 amide bonds. The fourth-order valence-electron chi connectivity index (χ4n) is 1.50. The van der Waals surface area contributed by atoms with Gasteiger partial charge in [0.1, 0.15) is 0 Å². The molecule has 0 rings (SSSR count). The Balaban J connectivity index is 4.31. The molecule has 0 fully saturated rings. The van der Waals surface area contributed by atoms with Crippen molar-refractivity contribution >= 4 is 17.9 Å². The predicted octanol–water partition coefficient (Wildman–Crippen LogP) is 2.62. The Morgan fingerprint density at radius 1 is 1.10 bits per heavy atom. The van der Waals surface area contributed by atoms with E-state index >= 15 is 0 Å². The summed E-state index contributed by atoms with van der Waals surface area (Å²) in [5, 5.41) is 3.51. The zero-order valence-corrected chi connectivity index (χ0v) is 9.63. The standard InChI is InChI=1S/C8H18GeO/c1-5-9(6-2,7-3)8(4)10/h5-7H2,1-4H3. The van der Waals surface area contributed by atoms with Crippen molar-refractivity contribution in [2.24, 2.45) is 0 Å². The van der Waals surface area contributed by atoms with E-state index in [0.717, 1.165) is 0 Å². The van der Waals surface area contributed by atoms with Gasteiger partial charge in [-0.25, -0.2) is 0 Å². The zero-order chi connectivity index (χ0) is 8.20. The molecule has 0 aromatic rings. The maximum atomic E-state index is 11.2. The predicted molar refractivity (Wildman–Crippen MR) is 47.9 cm³/mol. The molecule has 0 aliphatic carbocycles. The average molecular weight is 203 g/mol. The van der Waals surface area contributed by atoms with E-state index in [1.807, 2.05) is 0 Å². The molecular formula is C8H18GeO. The van der Waals surface area contributed by atoms with Crippen molar-refractivity contribution in [2.45, 2.75) is 43.5 Å². The van der Waals surface area contributed by atoms with E-state index in [4.69, 9.17) is 0 Å². The molecule has 0 saturated heterocycles. The van der Waals surface area contributed by atoms with Gasteiger partial charge >= 0.3 is 66.1 Å². The molecular weight excluding hydrogens is 185 g/mol. The Labute approximate surface area is 66.6 Å². The van der Waals surface area contributed by atoms with Crippen LogP contribution in [0.3, 0.4) is 0 Å². The summed E-state index contributed by atoms with van der Waals surface area (Å²) in [6, 6.07) is 0. The first-order valence-electron chi connectivity index (χ1n) is 4.14. The summed E-state index contributed by atoms with van der Waals surface area (Å²) in [7, 11) is 0. The summed E-state index contributed by atoms with van der Waals surface area (Å²) in [6.07, 6.45) is 0. The minimum absolute atomic E-state index is 0.535. The normalized spacial score (nSPS) is 11.6. The Morgan fingerprint density at radius 3 is 1.40 bits per heavy atom. The number of carbonyl (C=O) groups excluding carboxylic acids is 1. The Morgan fingerprint density at radius 2 is 1.40 bits per heavy atom. The van der Waals surface area contributed by atoms with Crippen LogP contribution in [0.1, 0.15) is 27.7 Å². The van der Waals surface area contributed by atoms with Crippen molar-refractivity contribution in [1.82, 2.24) is 0 Å². The second-order valence-electron chi connectivity index (χ2n) is 2.90. The van der Waals surface area contributed by atoms with Crippen LogP contribution in [0.4, 0.5) is 0 Å². The van der Waals surface area contributed by atoms with Gasteiger partial charge in [0.15, 0.2) is 0 Å². The van der Waals surface area contributed by atoms with E-state index < -0.39 is 13.3 Å². The number of hydrogen-bond donors (Lipinski definition) is 0. The average Bonchev–Trinajstić information content (AvgIpc) is 1.92. The molecule has 0 saturated carbocycles. The van der Waals surface area contributed by atoms with E-state index in [0.29, 0.717) is 4.62 Å². The van der Waals surface area contributed by atoms with E-state index in [1.165, 1.54) is 15.8 Å². The molecule has 0 atom stereocenters. The van der Waals surface area contributed by atoms with Gasteiger partial charge in [0.05, 0.1) is 0 Å². The molecule has 2 heteroatoms. The van der Waals surface area contributed by atoms with Crippen molar-refractivity contribution in [2.75, 3.05) is 0 Å². The molecule has 0 aromatic heterocycles. The van der Waals surface area contributed by atoms with Crippen molar-refractivity contribution in [1.29, 1.82) is 0 Å². The molecule has 0 aromatic carbocycles. The van der Waals surface area contributed by atoms with Gasteiger partial charge in [-0.05, 0) is 0 Å².